The summed E-state index contributed by atoms with van der Waals surface area (Å²) in [6.45, 7) is 4.14. The van der Waals surface area contributed by atoms with E-state index in [1.807, 2.05) is 13.0 Å². The van der Waals surface area contributed by atoms with Gasteiger partial charge >= 0.3 is 0 Å². The third-order valence-electron chi connectivity index (χ3n) is 2.63. The van der Waals surface area contributed by atoms with Crippen molar-refractivity contribution in [3.8, 4) is 0 Å². The quantitative estimate of drug-likeness (QED) is 0.378. The molecule has 1 heteroatoms. The van der Waals surface area contributed by atoms with Crippen molar-refractivity contribution in [1.29, 1.82) is 0 Å². The molecule has 0 fully saturated rings. The van der Waals surface area contributed by atoms with Gasteiger partial charge in [0.2, 0.25) is 0 Å². The zero-order valence-corrected chi connectivity index (χ0v) is 10.4. The average molecular weight is 210 g/mol. The van der Waals surface area contributed by atoms with Gasteiger partial charge in [-0.3, -0.25) is 4.79 Å². The van der Waals surface area contributed by atoms with Gasteiger partial charge in [-0.25, -0.2) is 0 Å². The van der Waals surface area contributed by atoms with Gasteiger partial charge < -0.3 is 0 Å². The van der Waals surface area contributed by atoms with Crippen molar-refractivity contribution in [3.63, 3.8) is 0 Å². The molecule has 0 radical (unpaired) electrons. The molecule has 88 valence electrons. The molecule has 0 aromatic rings. The van der Waals surface area contributed by atoms with Gasteiger partial charge in [-0.2, -0.15) is 0 Å². The average Bonchev–Trinajstić information content (AvgIpc) is 2.22. The van der Waals surface area contributed by atoms with Crippen LogP contribution in [0.15, 0.2) is 12.2 Å². The van der Waals surface area contributed by atoms with Crippen LogP contribution in [0, 0.1) is 0 Å². The monoisotopic (exact) mass is 210 g/mol. The molecule has 0 aliphatic rings. The van der Waals surface area contributed by atoms with Crippen LogP contribution in [0.2, 0.25) is 0 Å². The number of rotatable bonds is 10. The van der Waals surface area contributed by atoms with Crippen LogP contribution in [0.4, 0.5) is 0 Å². The molecule has 0 aliphatic heterocycles. The van der Waals surface area contributed by atoms with Gasteiger partial charge in [-0.05, 0) is 19.4 Å². The second-order valence-corrected chi connectivity index (χ2v) is 4.19. The SMILES string of the molecule is C/C=C\C(=O)CCCCCCCCCC. The van der Waals surface area contributed by atoms with Crippen LogP contribution in [0.5, 0.6) is 0 Å². The zero-order valence-electron chi connectivity index (χ0n) is 10.4. The molecule has 0 saturated carbocycles. The Morgan fingerprint density at radius 3 is 2.00 bits per heavy atom. The first-order valence-electron chi connectivity index (χ1n) is 6.46. The van der Waals surface area contributed by atoms with Gasteiger partial charge in [0.05, 0.1) is 0 Å². The first-order chi connectivity index (χ1) is 7.31. The number of ketones is 1. The van der Waals surface area contributed by atoms with E-state index in [1.54, 1.807) is 6.08 Å². The van der Waals surface area contributed by atoms with E-state index in [2.05, 4.69) is 6.92 Å². The fraction of sp³-hybridized carbons (Fsp3) is 0.786. The zero-order chi connectivity index (χ0) is 11.4. The predicted octanol–water partition coefficient (Wildman–Crippen LogP) is 4.66. The van der Waals surface area contributed by atoms with Crippen molar-refractivity contribution in [1.82, 2.24) is 0 Å². The molecular weight excluding hydrogens is 184 g/mol. The summed E-state index contributed by atoms with van der Waals surface area (Å²) < 4.78 is 0. The summed E-state index contributed by atoms with van der Waals surface area (Å²) in [6.07, 6.45) is 14.6. The number of carbonyl (C=O) groups is 1. The Hall–Kier alpha value is -0.590. The van der Waals surface area contributed by atoms with Crippen LogP contribution in [-0.4, -0.2) is 5.78 Å². The lowest BCUT2D eigenvalue weighted by atomic mass is 10.1. The molecule has 15 heavy (non-hydrogen) atoms. The van der Waals surface area contributed by atoms with E-state index < -0.39 is 0 Å². The molecule has 0 amide bonds. The second-order valence-electron chi connectivity index (χ2n) is 4.19. The Morgan fingerprint density at radius 2 is 1.47 bits per heavy atom. The summed E-state index contributed by atoms with van der Waals surface area (Å²) in [5.41, 5.74) is 0. The smallest absolute Gasteiger partial charge is 0.155 e. The minimum absolute atomic E-state index is 0.281. The number of hydrogen-bond acceptors (Lipinski definition) is 1. The first-order valence-corrected chi connectivity index (χ1v) is 6.46. The van der Waals surface area contributed by atoms with Gasteiger partial charge in [0.1, 0.15) is 0 Å². The minimum atomic E-state index is 0.281. The lowest BCUT2D eigenvalue weighted by Gasteiger charge is -2.00. The van der Waals surface area contributed by atoms with E-state index in [1.165, 1.54) is 44.9 Å². The Bertz CT molecular complexity index is 170. The van der Waals surface area contributed by atoms with Gasteiger partial charge in [0, 0.05) is 6.42 Å². The van der Waals surface area contributed by atoms with Gasteiger partial charge in [-0.1, -0.05) is 57.9 Å². The van der Waals surface area contributed by atoms with Crippen molar-refractivity contribution in [2.75, 3.05) is 0 Å². The summed E-state index contributed by atoms with van der Waals surface area (Å²) in [5.74, 6) is 0.281. The second kappa shape index (κ2) is 11.5. The number of unbranched alkanes of at least 4 members (excludes halogenated alkanes) is 7. The maximum atomic E-state index is 11.1. The van der Waals surface area contributed by atoms with Crippen molar-refractivity contribution < 1.29 is 4.79 Å². The minimum Gasteiger partial charge on any atom is -0.295 e. The van der Waals surface area contributed by atoms with Crippen molar-refractivity contribution in [2.24, 2.45) is 0 Å². The highest BCUT2D eigenvalue weighted by Gasteiger charge is 1.96. The lowest BCUT2D eigenvalue weighted by Crippen LogP contribution is -1.91. The highest BCUT2D eigenvalue weighted by Crippen LogP contribution is 2.09. The van der Waals surface area contributed by atoms with Crippen molar-refractivity contribution in [2.45, 2.75) is 71.6 Å². The standard InChI is InChI=1S/C14H26O/c1-3-5-6-7-8-9-10-11-13-14(15)12-4-2/h4,12H,3,5-11,13H2,1-2H3/b12-4-. The topological polar surface area (TPSA) is 17.1 Å². The molecule has 0 heterocycles. The summed E-state index contributed by atoms with van der Waals surface area (Å²) >= 11 is 0. The molecule has 0 N–H and O–H groups in total. The van der Waals surface area contributed by atoms with E-state index in [9.17, 15) is 4.79 Å². The fourth-order valence-corrected chi connectivity index (χ4v) is 1.70. The largest absolute Gasteiger partial charge is 0.295 e. The van der Waals surface area contributed by atoms with E-state index >= 15 is 0 Å². The first kappa shape index (κ1) is 14.4. The van der Waals surface area contributed by atoms with E-state index in [0.717, 1.165) is 12.8 Å². The Labute approximate surface area is 95.0 Å². The molecule has 0 aromatic carbocycles. The van der Waals surface area contributed by atoms with Crippen molar-refractivity contribution >= 4 is 5.78 Å². The maximum absolute atomic E-state index is 11.1. The fourth-order valence-electron chi connectivity index (χ4n) is 1.70. The summed E-state index contributed by atoms with van der Waals surface area (Å²) in [5, 5.41) is 0. The van der Waals surface area contributed by atoms with Crippen LogP contribution in [0.3, 0.4) is 0 Å². The summed E-state index contributed by atoms with van der Waals surface area (Å²) in [7, 11) is 0. The van der Waals surface area contributed by atoms with E-state index in [-0.39, 0.29) is 5.78 Å². The molecule has 0 aliphatic carbocycles. The van der Waals surface area contributed by atoms with Gasteiger partial charge in [-0.15, -0.1) is 0 Å². The molecule has 0 saturated heterocycles. The highest BCUT2D eigenvalue weighted by atomic mass is 16.1. The van der Waals surface area contributed by atoms with Gasteiger partial charge in [0.25, 0.3) is 0 Å². The van der Waals surface area contributed by atoms with Crippen LogP contribution in [-0.2, 0) is 4.79 Å². The summed E-state index contributed by atoms with van der Waals surface area (Å²) in [6, 6.07) is 0. The molecule has 0 unspecified atom stereocenters. The van der Waals surface area contributed by atoms with Crippen LogP contribution >= 0.6 is 0 Å². The van der Waals surface area contributed by atoms with Crippen LogP contribution in [0.25, 0.3) is 0 Å². The van der Waals surface area contributed by atoms with Crippen molar-refractivity contribution in [3.05, 3.63) is 12.2 Å². The number of carbonyl (C=O) groups excluding carboxylic acids is 1. The van der Waals surface area contributed by atoms with E-state index in [4.69, 9.17) is 0 Å². The molecule has 0 bridgehead atoms. The Balaban J connectivity index is 3.08. The van der Waals surface area contributed by atoms with Gasteiger partial charge in [0.15, 0.2) is 5.78 Å². The Morgan fingerprint density at radius 1 is 0.933 bits per heavy atom. The molecule has 0 aromatic heterocycles. The number of allylic oxidation sites excluding steroid dienone is 2. The molecule has 1 nitrogen and oxygen atoms in total. The third-order valence-corrected chi connectivity index (χ3v) is 2.63. The Kier molecular flexibility index (Phi) is 11.0. The highest BCUT2D eigenvalue weighted by molar-refractivity contribution is 5.89. The summed E-state index contributed by atoms with van der Waals surface area (Å²) in [4.78, 5) is 11.1. The normalized spacial score (nSPS) is 11.1. The molecule has 0 rings (SSSR count). The maximum Gasteiger partial charge on any atom is 0.155 e. The van der Waals surface area contributed by atoms with E-state index in [0.29, 0.717) is 0 Å². The molecular formula is C14H26O. The predicted molar refractivity (Wildman–Crippen MR) is 67.0 cm³/mol. The number of hydrogen-bond donors (Lipinski definition) is 0. The van der Waals surface area contributed by atoms with Crippen LogP contribution < -0.4 is 0 Å². The lowest BCUT2D eigenvalue weighted by molar-refractivity contribution is -0.114. The van der Waals surface area contributed by atoms with Crippen LogP contribution in [0.1, 0.15) is 71.6 Å². The molecule has 0 atom stereocenters. The molecule has 0 spiro atoms. The third kappa shape index (κ3) is 11.3.